The minimum absolute atomic E-state index is 0.255. The van der Waals surface area contributed by atoms with E-state index in [9.17, 15) is 4.79 Å². The average molecular weight is 286 g/mol. The summed E-state index contributed by atoms with van der Waals surface area (Å²) in [6, 6.07) is 11.4. The smallest absolute Gasteiger partial charge is 0.267 e. The minimum Gasteiger partial charge on any atom is -0.364 e. The maximum absolute atomic E-state index is 11.5. The quantitative estimate of drug-likeness (QED) is 0.930. The van der Waals surface area contributed by atoms with Gasteiger partial charge in [0.25, 0.3) is 5.91 Å². The van der Waals surface area contributed by atoms with Crippen LogP contribution in [0.2, 0.25) is 0 Å². The maximum atomic E-state index is 11.5. The number of benzene rings is 1. The van der Waals surface area contributed by atoms with Crippen LogP contribution in [0.4, 0.5) is 5.95 Å². The molecule has 0 bridgehead atoms. The minimum atomic E-state index is -0.530. The summed E-state index contributed by atoms with van der Waals surface area (Å²) in [6.45, 7) is 0.890. The van der Waals surface area contributed by atoms with Crippen LogP contribution in [0.1, 0.15) is 10.5 Å². The Hall–Kier alpha value is -2.08. The van der Waals surface area contributed by atoms with Crippen molar-refractivity contribution < 1.29 is 4.79 Å². The first kappa shape index (κ1) is 12.9. The molecule has 2 heterocycles. The van der Waals surface area contributed by atoms with Gasteiger partial charge in [0.05, 0.1) is 11.6 Å². The third-order valence-corrected chi connectivity index (χ3v) is 4.04. The molecule has 0 radical (unpaired) electrons. The number of thioether (sulfide) groups is 1. The third-order valence-electron chi connectivity index (χ3n) is 3.07. The van der Waals surface area contributed by atoms with Crippen LogP contribution in [-0.4, -0.2) is 34.0 Å². The van der Waals surface area contributed by atoms with Crippen molar-refractivity contribution in [3.05, 3.63) is 42.1 Å². The summed E-state index contributed by atoms with van der Waals surface area (Å²) in [5.74, 6) is 1.93. The summed E-state index contributed by atoms with van der Waals surface area (Å²) >= 11 is 1.82. The predicted molar refractivity (Wildman–Crippen MR) is 80.7 cm³/mol. The molecule has 1 fully saturated rings. The molecule has 0 unspecified atom stereocenters. The van der Waals surface area contributed by atoms with Gasteiger partial charge in [0, 0.05) is 17.9 Å². The lowest BCUT2D eigenvalue weighted by atomic mass is 10.1. The van der Waals surface area contributed by atoms with Crippen molar-refractivity contribution in [3.63, 3.8) is 0 Å². The number of hydrogen-bond donors (Lipinski definition) is 1. The first-order chi connectivity index (χ1) is 9.74. The molecule has 0 spiro atoms. The van der Waals surface area contributed by atoms with Gasteiger partial charge in [0.15, 0.2) is 0 Å². The molecule has 0 saturated carbocycles. The number of amides is 1. The van der Waals surface area contributed by atoms with E-state index in [-0.39, 0.29) is 5.69 Å². The molecule has 1 aliphatic rings. The lowest BCUT2D eigenvalue weighted by molar-refractivity contribution is 0.0995. The van der Waals surface area contributed by atoms with E-state index in [0.717, 1.165) is 29.4 Å². The van der Waals surface area contributed by atoms with E-state index in [1.54, 1.807) is 6.07 Å². The van der Waals surface area contributed by atoms with Crippen LogP contribution in [0, 0.1) is 0 Å². The molecule has 3 rings (SSSR count). The van der Waals surface area contributed by atoms with Gasteiger partial charge in [-0.2, -0.15) is 0 Å². The first-order valence-electron chi connectivity index (χ1n) is 6.31. The second kappa shape index (κ2) is 5.50. The Morgan fingerprint density at radius 1 is 1.25 bits per heavy atom. The zero-order valence-corrected chi connectivity index (χ0v) is 11.6. The molecule has 1 aromatic heterocycles. The van der Waals surface area contributed by atoms with E-state index in [1.165, 1.54) is 0 Å². The molecule has 5 nitrogen and oxygen atoms in total. The van der Waals surface area contributed by atoms with Crippen LogP contribution in [0.5, 0.6) is 0 Å². The Balaban J connectivity index is 2.07. The average Bonchev–Trinajstić information content (AvgIpc) is 3.02. The second-order valence-corrected chi connectivity index (χ2v) is 5.54. The first-order valence-corrected chi connectivity index (χ1v) is 7.46. The number of carbonyl (C=O) groups excluding carboxylic acids is 1. The molecule has 2 N–H and O–H groups in total. The number of hydrogen-bond acceptors (Lipinski definition) is 5. The zero-order valence-electron chi connectivity index (χ0n) is 10.8. The fraction of sp³-hybridized carbons (Fsp3) is 0.214. The zero-order chi connectivity index (χ0) is 13.9. The summed E-state index contributed by atoms with van der Waals surface area (Å²) in [5, 5.41) is 0. The molecule has 102 valence electrons. The van der Waals surface area contributed by atoms with Crippen LogP contribution in [0.15, 0.2) is 36.4 Å². The molecule has 2 aromatic rings. The van der Waals surface area contributed by atoms with Crippen molar-refractivity contribution >= 4 is 23.6 Å². The van der Waals surface area contributed by atoms with Gasteiger partial charge in [0.1, 0.15) is 5.69 Å². The van der Waals surface area contributed by atoms with Crippen molar-refractivity contribution in [3.8, 4) is 11.3 Å². The lowest BCUT2D eigenvalue weighted by Gasteiger charge is -2.15. The standard InChI is InChI=1S/C14H14N4OS/c15-13(19)12-8-11(10-4-2-1-3-5-10)16-14(17-12)18-6-7-20-9-18/h1-5,8H,6-7,9H2,(H2,15,19). The number of nitrogens with zero attached hydrogens (tertiary/aromatic N) is 3. The number of carbonyl (C=O) groups is 1. The van der Waals surface area contributed by atoms with Crippen LogP contribution < -0.4 is 10.6 Å². The van der Waals surface area contributed by atoms with Crippen molar-refractivity contribution in [1.82, 2.24) is 9.97 Å². The van der Waals surface area contributed by atoms with Gasteiger partial charge in [-0.15, -0.1) is 11.8 Å². The molecule has 6 heteroatoms. The molecule has 20 heavy (non-hydrogen) atoms. The Morgan fingerprint density at radius 3 is 2.70 bits per heavy atom. The van der Waals surface area contributed by atoms with Crippen molar-refractivity contribution in [2.24, 2.45) is 5.73 Å². The number of aromatic nitrogens is 2. The molecule has 1 saturated heterocycles. The predicted octanol–water partition coefficient (Wildman–Crippen LogP) is 1.75. The highest BCUT2D eigenvalue weighted by molar-refractivity contribution is 7.99. The fourth-order valence-corrected chi connectivity index (χ4v) is 2.97. The topological polar surface area (TPSA) is 72.1 Å². The summed E-state index contributed by atoms with van der Waals surface area (Å²) in [7, 11) is 0. The van der Waals surface area contributed by atoms with Crippen molar-refractivity contribution in [1.29, 1.82) is 0 Å². The number of anilines is 1. The normalized spacial score (nSPS) is 14.5. The van der Waals surface area contributed by atoms with Gasteiger partial charge < -0.3 is 10.6 Å². The third kappa shape index (κ3) is 2.60. The van der Waals surface area contributed by atoms with Crippen molar-refractivity contribution in [2.75, 3.05) is 23.1 Å². The highest BCUT2D eigenvalue weighted by Crippen LogP contribution is 2.24. The number of nitrogens with two attached hydrogens (primary N) is 1. The molecule has 0 aliphatic carbocycles. The van der Waals surface area contributed by atoms with Gasteiger partial charge in [-0.25, -0.2) is 9.97 Å². The van der Waals surface area contributed by atoms with E-state index < -0.39 is 5.91 Å². The Bertz CT molecular complexity index is 626. The summed E-state index contributed by atoms with van der Waals surface area (Å²) < 4.78 is 0. The van der Waals surface area contributed by atoms with Gasteiger partial charge >= 0.3 is 0 Å². The van der Waals surface area contributed by atoms with Crippen molar-refractivity contribution in [2.45, 2.75) is 0 Å². The fourth-order valence-electron chi connectivity index (χ4n) is 2.03. The Labute approximate surface area is 121 Å². The largest absolute Gasteiger partial charge is 0.364 e. The Kier molecular flexibility index (Phi) is 3.56. The van der Waals surface area contributed by atoms with Crippen LogP contribution in [-0.2, 0) is 0 Å². The van der Waals surface area contributed by atoms with Gasteiger partial charge in [-0.3, -0.25) is 4.79 Å². The molecule has 1 aliphatic heterocycles. The summed E-state index contributed by atoms with van der Waals surface area (Å²) in [5.41, 5.74) is 7.30. The highest BCUT2D eigenvalue weighted by Gasteiger charge is 2.18. The lowest BCUT2D eigenvalue weighted by Crippen LogP contribution is -2.23. The number of rotatable bonds is 3. The molecule has 1 amide bonds. The van der Waals surface area contributed by atoms with E-state index in [2.05, 4.69) is 14.9 Å². The SMILES string of the molecule is NC(=O)c1cc(-c2ccccc2)nc(N2CCSC2)n1. The van der Waals surface area contributed by atoms with E-state index >= 15 is 0 Å². The molecule has 0 atom stereocenters. The summed E-state index contributed by atoms with van der Waals surface area (Å²) in [6.07, 6.45) is 0. The van der Waals surface area contributed by atoms with E-state index in [1.807, 2.05) is 42.1 Å². The van der Waals surface area contributed by atoms with Crippen LogP contribution in [0.25, 0.3) is 11.3 Å². The van der Waals surface area contributed by atoms with Gasteiger partial charge in [-0.1, -0.05) is 30.3 Å². The summed E-state index contributed by atoms with van der Waals surface area (Å²) in [4.78, 5) is 22.3. The number of primary amides is 1. The van der Waals surface area contributed by atoms with Crippen LogP contribution >= 0.6 is 11.8 Å². The van der Waals surface area contributed by atoms with E-state index in [0.29, 0.717) is 5.95 Å². The second-order valence-electron chi connectivity index (χ2n) is 4.47. The van der Waals surface area contributed by atoms with Crippen LogP contribution in [0.3, 0.4) is 0 Å². The van der Waals surface area contributed by atoms with Gasteiger partial charge in [0.2, 0.25) is 5.95 Å². The molecule has 1 aromatic carbocycles. The Morgan fingerprint density at radius 2 is 2.05 bits per heavy atom. The monoisotopic (exact) mass is 286 g/mol. The molecular formula is C14H14N4OS. The molecular weight excluding hydrogens is 272 g/mol. The highest BCUT2D eigenvalue weighted by atomic mass is 32.2. The van der Waals surface area contributed by atoms with Gasteiger partial charge in [-0.05, 0) is 6.07 Å². The van der Waals surface area contributed by atoms with E-state index in [4.69, 9.17) is 5.73 Å². The maximum Gasteiger partial charge on any atom is 0.267 e.